The lowest BCUT2D eigenvalue weighted by Crippen LogP contribution is -2.08. The van der Waals surface area contributed by atoms with Crippen LogP contribution in [0.5, 0.6) is 0 Å². The van der Waals surface area contributed by atoms with E-state index >= 15 is 0 Å². The van der Waals surface area contributed by atoms with Gasteiger partial charge in [0, 0.05) is 36.3 Å². The third-order valence-corrected chi connectivity index (χ3v) is 3.64. The van der Waals surface area contributed by atoms with E-state index in [9.17, 15) is 22.4 Å². The molecular formula is C12H14BrF4NOS. The van der Waals surface area contributed by atoms with E-state index in [4.69, 9.17) is 0 Å². The number of alkyl halides is 4. The molecule has 114 valence electrons. The molecule has 1 N–H and O–H groups in total. The number of hydrogen-bond donors (Lipinski definition) is 1. The molecule has 0 bridgehead atoms. The van der Waals surface area contributed by atoms with Crippen LogP contribution in [0.15, 0.2) is 28.2 Å². The minimum Gasteiger partial charge on any atom is -0.388 e. The summed E-state index contributed by atoms with van der Waals surface area (Å²) in [6.45, 7) is 0. The average molecular weight is 376 g/mol. The summed E-state index contributed by atoms with van der Waals surface area (Å²) in [6, 6.07) is 0. The lowest BCUT2D eigenvalue weighted by atomic mass is 10.2. The van der Waals surface area contributed by atoms with Crippen molar-refractivity contribution < 1.29 is 22.4 Å². The second-order valence-corrected chi connectivity index (χ2v) is 5.19. The van der Waals surface area contributed by atoms with Gasteiger partial charge in [-0.3, -0.25) is 0 Å². The molecule has 0 spiro atoms. The van der Waals surface area contributed by atoms with E-state index in [-0.39, 0.29) is 28.0 Å². The van der Waals surface area contributed by atoms with Crippen molar-refractivity contribution in [1.29, 1.82) is 0 Å². The number of halogens is 5. The molecule has 8 heteroatoms. The molecule has 0 saturated carbocycles. The van der Waals surface area contributed by atoms with Crippen LogP contribution in [-0.4, -0.2) is 30.6 Å². The smallest absolute Gasteiger partial charge is 0.388 e. The largest absolute Gasteiger partial charge is 0.395 e. The molecule has 0 aliphatic heterocycles. The summed E-state index contributed by atoms with van der Waals surface area (Å²) >= 11 is 3.97. The number of aldehydes is 1. The van der Waals surface area contributed by atoms with Gasteiger partial charge in [-0.15, -0.1) is 11.8 Å². The zero-order valence-corrected chi connectivity index (χ0v) is 13.1. The Hall–Kier alpha value is -0.720. The topological polar surface area (TPSA) is 29.1 Å². The number of nitrogens with one attached hydrogen (secondary N) is 1. The van der Waals surface area contributed by atoms with Crippen LogP contribution in [0.4, 0.5) is 17.6 Å². The molecule has 0 heterocycles. The van der Waals surface area contributed by atoms with Crippen molar-refractivity contribution in [3.63, 3.8) is 0 Å². The molecule has 0 aliphatic carbocycles. The Morgan fingerprint density at radius 1 is 1.45 bits per heavy atom. The molecule has 0 rings (SSSR count). The Bertz CT molecular complexity index is 414. The summed E-state index contributed by atoms with van der Waals surface area (Å²) < 4.78 is 50.6. The lowest BCUT2D eigenvalue weighted by Gasteiger charge is -2.11. The van der Waals surface area contributed by atoms with Gasteiger partial charge in [0.15, 0.2) is 0 Å². The lowest BCUT2D eigenvalue weighted by molar-refractivity contribution is -0.130. The van der Waals surface area contributed by atoms with Gasteiger partial charge in [0.1, 0.15) is 12.1 Å². The molecule has 0 aromatic carbocycles. The van der Waals surface area contributed by atoms with Crippen LogP contribution in [-0.2, 0) is 4.79 Å². The SMILES string of the molecule is CNC=C=C(CBr)/C(SCCC=O)=C(/F)CC(F)(F)F. The summed E-state index contributed by atoms with van der Waals surface area (Å²) in [5.74, 6) is -1.05. The Balaban J connectivity index is 5.39. The highest BCUT2D eigenvalue weighted by atomic mass is 79.9. The highest BCUT2D eigenvalue weighted by Crippen LogP contribution is 2.35. The molecule has 20 heavy (non-hydrogen) atoms. The molecule has 0 amide bonds. The maximum atomic E-state index is 13.8. The molecule has 0 atom stereocenters. The Morgan fingerprint density at radius 2 is 2.10 bits per heavy atom. The monoisotopic (exact) mass is 375 g/mol. The normalized spacial score (nSPS) is 12.3. The van der Waals surface area contributed by atoms with Gasteiger partial charge < -0.3 is 10.1 Å². The molecule has 0 aromatic heterocycles. The van der Waals surface area contributed by atoms with E-state index in [0.717, 1.165) is 11.8 Å². The third kappa shape index (κ3) is 8.45. The number of carbonyl (C=O) groups is 1. The number of thioether (sulfide) groups is 1. The molecule has 2 nitrogen and oxygen atoms in total. The highest BCUT2D eigenvalue weighted by Gasteiger charge is 2.31. The van der Waals surface area contributed by atoms with E-state index in [1.807, 2.05) is 0 Å². The number of carbonyl (C=O) groups excluding carboxylic acids is 1. The molecule has 0 fully saturated rings. The van der Waals surface area contributed by atoms with Gasteiger partial charge >= 0.3 is 6.18 Å². The van der Waals surface area contributed by atoms with Crippen molar-refractivity contribution in [2.45, 2.75) is 19.0 Å². The standard InChI is InChI=1S/C12H14BrF4NOS/c1-18-4-3-9(8-13)11(20-6-2-5-19)10(14)7-12(15,16)17/h4-5,18H,2,6-8H2,1H3/b11-10-. The maximum Gasteiger partial charge on any atom is 0.395 e. The van der Waals surface area contributed by atoms with Gasteiger partial charge in [-0.2, -0.15) is 13.2 Å². The van der Waals surface area contributed by atoms with Crippen molar-refractivity contribution in [2.24, 2.45) is 0 Å². The van der Waals surface area contributed by atoms with Crippen molar-refractivity contribution in [2.75, 3.05) is 18.1 Å². The summed E-state index contributed by atoms with van der Waals surface area (Å²) in [6.07, 6.45) is -4.11. The Morgan fingerprint density at radius 3 is 2.55 bits per heavy atom. The first kappa shape index (κ1) is 19.3. The number of hydrogen-bond acceptors (Lipinski definition) is 3. The van der Waals surface area contributed by atoms with Crippen LogP contribution < -0.4 is 5.32 Å². The quantitative estimate of drug-likeness (QED) is 0.173. The van der Waals surface area contributed by atoms with E-state index in [1.54, 1.807) is 7.05 Å². The summed E-state index contributed by atoms with van der Waals surface area (Å²) in [5.41, 5.74) is 2.93. The fourth-order valence-electron chi connectivity index (χ4n) is 1.12. The van der Waals surface area contributed by atoms with E-state index < -0.39 is 18.4 Å². The van der Waals surface area contributed by atoms with Crippen LogP contribution in [0.25, 0.3) is 0 Å². The van der Waals surface area contributed by atoms with Gasteiger partial charge in [0.2, 0.25) is 0 Å². The summed E-state index contributed by atoms with van der Waals surface area (Å²) in [4.78, 5) is 10.1. The third-order valence-electron chi connectivity index (χ3n) is 1.88. The zero-order chi connectivity index (χ0) is 15.6. The Kier molecular flexibility index (Phi) is 9.71. The first-order valence-corrected chi connectivity index (χ1v) is 7.66. The van der Waals surface area contributed by atoms with E-state index in [0.29, 0.717) is 6.29 Å². The first-order chi connectivity index (χ1) is 9.35. The molecule has 0 unspecified atom stereocenters. The van der Waals surface area contributed by atoms with Crippen LogP contribution >= 0.6 is 27.7 Å². The molecule has 0 aromatic rings. The average Bonchev–Trinajstić information content (AvgIpc) is 2.35. The Labute approximate surface area is 127 Å². The number of allylic oxidation sites excluding steroid dienone is 2. The second-order valence-electron chi connectivity index (χ2n) is 3.52. The minimum atomic E-state index is -4.62. The fraction of sp³-hybridized carbons (Fsp3) is 0.500. The first-order valence-electron chi connectivity index (χ1n) is 5.55. The molecule has 0 saturated heterocycles. The number of rotatable bonds is 8. The van der Waals surface area contributed by atoms with Crippen LogP contribution in [0, 0.1) is 0 Å². The fourth-order valence-corrected chi connectivity index (χ4v) is 2.70. The van der Waals surface area contributed by atoms with Crippen LogP contribution in [0.3, 0.4) is 0 Å². The van der Waals surface area contributed by atoms with Gasteiger partial charge in [-0.1, -0.05) is 21.7 Å². The van der Waals surface area contributed by atoms with Gasteiger partial charge in [0.05, 0.1) is 11.3 Å². The van der Waals surface area contributed by atoms with Crippen LogP contribution in [0.1, 0.15) is 12.8 Å². The van der Waals surface area contributed by atoms with E-state index in [1.165, 1.54) is 6.20 Å². The summed E-state index contributed by atoms with van der Waals surface area (Å²) in [5, 5.41) is 2.78. The van der Waals surface area contributed by atoms with Crippen molar-refractivity contribution in [1.82, 2.24) is 5.32 Å². The molecule has 0 radical (unpaired) electrons. The zero-order valence-electron chi connectivity index (χ0n) is 10.7. The van der Waals surface area contributed by atoms with Crippen LogP contribution in [0.2, 0.25) is 0 Å². The predicted octanol–water partition coefficient (Wildman–Crippen LogP) is 4.10. The van der Waals surface area contributed by atoms with Crippen molar-refractivity contribution in [3.05, 3.63) is 28.2 Å². The summed E-state index contributed by atoms with van der Waals surface area (Å²) in [7, 11) is 1.59. The van der Waals surface area contributed by atoms with Gasteiger partial charge in [0.25, 0.3) is 0 Å². The van der Waals surface area contributed by atoms with Crippen molar-refractivity contribution in [3.8, 4) is 0 Å². The highest BCUT2D eigenvalue weighted by molar-refractivity contribution is 9.09. The van der Waals surface area contributed by atoms with E-state index in [2.05, 4.69) is 27.0 Å². The molecular weight excluding hydrogens is 362 g/mol. The van der Waals surface area contributed by atoms with Crippen molar-refractivity contribution >= 4 is 34.0 Å². The predicted molar refractivity (Wildman–Crippen MR) is 76.4 cm³/mol. The van der Waals surface area contributed by atoms with Gasteiger partial charge in [-0.25, -0.2) is 4.39 Å². The minimum absolute atomic E-state index is 0.132. The maximum absolute atomic E-state index is 13.8. The molecule has 0 aliphatic rings. The van der Waals surface area contributed by atoms with Gasteiger partial charge in [-0.05, 0) is 0 Å². The second kappa shape index (κ2) is 10.1.